The van der Waals surface area contributed by atoms with Gasteiger partial charge in [0, 0.05) is 30.8 Å². The molecule has 21 heavy (non-hydrogen) atoms. The van der Waals surface area contributed by atoms with Gasteiger partial charge in [0.2, 0.25) is 5.91 Å². The van der Waals surface area contributed by atoms with Gasteiger partial charge in [0.05, 0.1) is 6.33 Å². The Balaban J connectivity index is 1.51. The average Bonchev–Trinajstić information content (AvgIpc) is 3.11. The molecule has 0 aliphatic carbocycles. The number of carbonyl (C=O) groups is 1. The second-order valence-corrected chi connectivity index (χ2v) is 5.24. The molecular weight excluding hydrogens is 268 g/mol. The molecule has 0 spiro atoms. The summed E-state index contributed by atoms with van der Waals surface area (Å²) < 4.78 is 7.61. The van der Waals surface area contributed by atoms with E-state index >= 15 is 0 Å². The van der Waals surface area contributed by atoms with Crippen LogP contribution in [0.25, 0.3) is 11.1 Å². The van der Waals surface area contributed by atoms with Crippen LogP contribution in [0.2, 0.25) is 0 Å². The first-order valence-electron chi connectivity index (χ1n) is 6.95. The first kappa shape index (κ1) is 12.1. The van der Waals surface area contributed by atoms with E-state index in [1.807, 2.05) is 36.8 Å². The van der Waals surface area contributed by atoms with Gasteiger partial charge >= 0.3 is 6.01 Å². The monoisotopic (exact) mass is 282 g/mol. The lowest BCUT2D eigenvalue weighted by atomic mass is 9.95. The maximum absolute atomic E-state index is 12.3. The number of anilines is 1. The third-order valence-corrected chi connectivity index (χ3v) is 3.87. The van der Waals surface area contributed by atoms with Crippen LogP contribution < -0.4 is 5.32 Å². The molecule has 1 aliphatic rings. The zero-order valence-electron chi connectivity index (χ0n) is 11.3. The summed E-state index contributed by atoms with van der Waals surface area (Å²) in [4.78, 5) is 20.7. The maximum Gasteiger partial charge on any atom is 0.302 e. The molecule has 0 bridgehead atoms. The van der Waals surface area contributed by atoms with Crippen molar-refractivity contribution < 1.29 is 9.21 Å². The summed E-state index contributed by atoms with van der Waals surface area (Å²) in [6, 6.07) is 7.71. The number of hydrogen-bond acceptors (Lipinski definition) is 4. The van der Waals surface area contributed by atoms with Crippen molar-refractivity contribution >= 4 is 23.0 Å². The highest BCUT2D eigenvalue weighted by molar-refractivity contribution is 5.92. The van der Waals surface area contributed by atoms with Gasteiger partial charge in [-0.1, -0.05) is 12.1 Å². The van der Waals surface area contributed by atoms with Gasteiger partial charge < -0.3 is 8.98 Å². The van der Waals surface area contributed by atoms with Crippen LogP contribution in [0.15, 0.2) is 41.2 Å². The number of nitrogens with zero attached hydrogens (tertiary/aromatic N) is 3. The van der Waals surface area contributed by atoms with Gasteiger partial charge in [-0.15, -0.1) is 0 Å². The maximum atomic E-state index is 12.3. The predicted octanol–water partition coefficient (Wildman–Crippen LogP) is 2.23. The largest absolute Gasteiger partial charge is 0.423 e. The van der Waals surface area contributed by atoms with Crippen LogP contribution in [-0.4, -0.2) is 20.4 Å². The molecule has 0 saturated heterocycles. The average molecular weight is 282 g/mol. The lowest BCUT2D eigenvalue weighted by Crippen LogP contribution is -2.30. The zero-order chi connectivity index (χ0) is 14.2. The molecule has 1 amide bonds. The molecule has 1 N–H and O–H groups in total. The molecule has 1 aliphatic heterocycles. The number of hydrogen-bond donors (Lipinski definition) is 1. The van der Waals surface area contributed by atoms with Crippen molar-refractivity contribution in [2.45, 2.75) is 19.4 Å². The summed E-state index contributed by atoms with van der Waals surface area (Å²) in [7, 11) is 0. The molecule has 3 aromatic rings. The van der Waals surface area contributed by atoms with Crippen molar-refractivity contribution in [3.8, 4) is 0 Å². The van der Waals surface area contributed by atoms with Gasteiger partial charge in [-0.2, -0.15) is 4.98 Å². The Labute approximate surface area is 120 Å². The number of nitrogens with one attached hydrogen (secondary N) is 1. The van der Waals surface area contributed by atoms with Crippen molar-refractivity contribution in [3.63, 3.8) is 0 Å². The highest BCUT2D eigenvalue weighted by Gasteiger charge is 2.25. The number of amides is 1. The predicted molar refractivity (Wildman–Crippen MR) is 76.7 cm³/mol. The minimum Gasteiger partial charge on any atom is -0.423 e. The topological polar surface area (TPSA) is 73.0 Å². The molecule has 1 aromatic carbocycles. The Morgan fingerprint density at radius 1 is 1.38 bits per heavy atom. The summed E-state index contributed by atoms with van der Waals surface area (Å²) in [6.07, 6.45) is 5.13. The van der Waals surface area contributed by atoms with Crippen LogP contribution in [0.4, 0.5) is 6.01 Å². The third-order valence-electron chi connectivity index (χ3n) is 3.87. The van der Waals surface area contributed by atoms with E-state index in [2.05, 4.69) is 19.9 Å². The van der Waals surface area contributed by atoms with Gasteiger partial charge in [0.1, 0.15) is 5.52 Å². The quantitative estimate of drug-likeness (QED) is 0.782. The minimum absolute atomic E-state index is 0.0472. The van der Waals surface area contributed by atoms with Crippen molar-refractivity contribution in [2.24, 2.45) is 5.92 Å². The fourth-order valence-corrected chi connectivity index (χ4v) is 2.73. The van der Waals surface area contributed by atoms with Crippen LogP contribution in [0, 0.1) is 5.92 Å². The summed E-state index contributed by atoms with van der Waals surface area (Å²) in [5.74, 6) is -0.113. The van der Waals surface area contributed by atoms with E-state index in [-0.39, 0.29) is 17.8 Å². The smallest absolute Gasteiger partial charge is 0.302 e. The van der Waals surface area contributed by atoms with Crippen molar-refractivity contribution in [1.82, 2.24) is 14.5 Å². The number of aryl methyl sites for hydroxylation is 1. The molecule has 3 heterocycles. The van der Waals surface area contributed by atoms with Crippen LogP contribution in [0.1, 0.15) is 12.1 Å². The SMILES string of the molecule is O=C(Nc1nc2ccccc2o1)C1CCn2cncc2C1. The first-order chi connectivity index (χ1) is 10.3. The molecule has 4 rings (SSSR count). The lowest BCUT2D eigenvalue weighted by molar-refractivity contribution is -0.120. The number of aromatic nitrogens is 3. The number of carbonyl (C=O) groups excluding carboxylic acids is 1. The highest BCUT2D eigenvalue weighted by Crippen LogP contribution is 2.23. The van der Waals surface area contributed by atoms with E-state index in [0.717, 1.165) is 24.2 Å². The molecule has 106 valence electrons. The summed E-state index contributed by atoms with van der Waals surface area (Å²) in [5.41, 5.74) is 2.52. The Hall–Kier alpha value is -2.63. The minimum atomic E-state index is -0.0655. The van der Waals surface area contributed by atoms with Crippen LogP contribution >= 0.6 is 0 Å². The van der Waals surface area contributed by atoms with Crippen LogP contribution in [0.5, 0.6) is 0 Å². The molecule has 6 heteroatoms. The second-order valence-electron chi connectivity index (χ2n) is 5.24. The molecule has 0 saturated carbocycles. The molecule has 0 fully saturated rings. The summed E-state index contributed by atoms with van der Waals surface area (Å²) in [6.45, 7) is 0.820. The molecule has 0 radical (unpaired) electrons. The number of imidazole rings is 1. The highest BCUT2D eigenvalue weighted by atomic mass is 16.4. The molecule has 1 unspecified atom stereocenters. The zero-order valence-corrected chi connectivity index (χ0v) is 11.3. The summed E-state index contributed by atoms with van der Waals surface area (Å²) in [5, 5.41) is 2.78. The van der Waals surface area contributed by atoms with Gasteiger partial charge in [-0.25, -0.2) is 4.98 Å². The fourth-order valence-electron chi connectivity index (χ4n) is 2.73. The standard InChI is InChI=1S/C15H14N4O2/c20-14(10-5-6-19-9-16-8-11(19)7-10)18-15-17-12-3-1-2-4-13(12)21-15/h1-4,8-10H,5-7H2,(H,17,18,20). The Morgan fingerprint density at radius 3 is 3.19 bits per heavy atom. The third kappa shape index (κ3) is 2.18. The molecule has 6 nitrogen and oxygen atoms in total. The Kier molecular flexibility index (Phi) is 2.73. The second kappa shape index (κ2) is 4.73. The fraction of sp³-hybridized carbons (Fsp3) is 0.267. The Morgan fingerprint density at radius 2 is 2.29 bits per heavy atom. The number of rotatable bonds is 2. The number of para-hydroxylation sites is 2. The van der Waals surface area contributed by atoms with E-state index in [0.29, 0.717) is 12.0 Å². The normalized spacial score (nSPS) is 17.6. The van der Waals surface area contributed by atoms with E-state index < -0.39 is 0 Å². The lowest BCUT2D eigenvalue weighted by Gasteiger charge is -2.22. The first-order valence-corrected chi connectivity index (χ1v) is 6.95. The molecule has 1 atom stereocenters. The number of oxazole rings is 1. The molecule has 2 aromatic heterocycles. The Bertz CT molecular complexity index is 772. The van der Waals surface area contributed by atoms with Crippen molar-refractivity contribution in [2.75, 3.05) is 5.32 Å². The number of benzene rings is 1. The van der Waals surface area contributed by atoms with Gasteiger partial charge in [0.15, 0.2) is 5.58 Å². The van der Waals surface area contributed by atoms with E-state index in [4.69, 9.17) is 4.42 Å². The van der Waals surface area contributed by atoms with Crippen molar-refractivity contribution in [3.05, 3.63) is 42.5 Å². The van der Waals surface area contributed by atoms with E-state index in [1.165, 1.54) is 0 Å². The number of fused-ring (bicyclic) bond motifs is 2. The van der Waals surface area contributed by atoms with Crippen molar-refractivity contribution in [1.29, 1.82) is 0 Å². The van der Waals surface area contributed by atoms with Gasteiger partial charge in [-0.3, -0.25) is 10.1 Å². The van der Waals surface area contributed by atoms with E-state index in [1.54, 1.807) is 0 Å². The molecular formula is C15H14N4O2. The van der Waals surface area contributed by atoms with Gasteiger partial charge in [0.25, 0.3) is 0 Å². The van der Waals surface area contributed by atoms with Gasteiger partial charge in [-0.05, 0) is 18.6 Å². The van der Waals surface area contributed by atoms with Crippen LogP contribution in [-0.2, 0) is 17.8 Å². The summed E-state index contributed by atoms with van der Waals surface area (Å²) >= 11 is 0. The van der Waals surface area contributed by atoms with Crippen LogP contribution in [0.3, 0.4) is 0 Å². The van der Waals surface area contributed by atoms with E-state index in [9.17, 15) is 4.79 Å².